The highest BCUT2D eigenvalue weighted by molar-refractivity contribution is 7.92. The Kier molecular flexibility index (Phi) is 5.50. The number of benzene rings is 2. The number of amides is 1. The number of carbonyl (C=O) groups excluding carboxylic acids is 1. The Morgan fingerprint density at radius 2 is 1.60 bits per heavy atom. The molecule has 11 heteroatoms. The van der Waals surface area contributed by atoms with E-state index in [1.807, 2.05) is 0 Å². The monoisotopic (exact) mass is 412 g/mol. The Balaban J connectivity index is 2.31. The second-order valence-corrected chi connectivity index (χ2v) is 7.23. The maximum absolute atomic E-state index is 12.3. The van der Waals surface area contributed by atoms with E-state index in [9.17, 15) is 26.4 Å². The number of halogens is 5. The maximum Gasteiger partial charge on any atom is 0.471 e. The molecule has 25 heavy (non-hydrogen) atoms. The summed E-state index contributed by atoms with van der Waals surface area (Å²) in [6, 6.07) is 8.69. The molecule has 0 heterocycles. The third kappa shape index (κ3) is 5.00. The normalized spacial score (nSPS) is 11.9. The van der Waals surface area contributed by atoms with E-state index < -0.39 is 27.8 Å². The lowest BCUT2D eigenvalue weighted by Gasteiger charge is -2.12. The van der Waals surface area contributed by atoms with Gasteiger partial charge in [-0.3, -0.25) is 9.52 Å². The first-order valence-electron chi connectivity index (χ1n) is 6.45. The number of nitrogens with one attached hydrogen (secondary N) is 2. The largest absolute Gasteiger partial charge is 0.471 e. The minimum absolute atomic E-state index is 0.195. The molecule has 0 saturated heterocycles. The van der Waals surface area contributed by atoms with E-state index in [-0.39, 0.29) is 15.6 Å². The summed E-state index contributed by atoms with van der Waals surface area (Å²) in [7, 11) is -4.12. The third-order valence-corrected chi connectivity index (χ3v) is 4.81. The van der Waals surface area contributed by atoms with Gasteiger partial charge in [-0.2, -0.15) is 13.2 Å². The van der Waals surface area contributed by atoms with Gasteiger partial charge in [0.2, 0.25) is 0 Å². The molecule has 0 saturated carbocycles. The van der Waals surface area contributed by atoms with Crippen LogP contribution < -0.4 is 10.0 Å². The number of hydrogen-bond donors (Lipinski definition) is 2. The molecule has 0 fully saturated rings. The fourth-order valence-corrected chi connectivity index (χ4v) is 3.07. The summed E-state index contributed by atoms with van der Waals surface area (Å²) in [5, 5.41) is 1.68. The highest BCUT2D eigenvalue weighted by Gasteiger charge is 2.39. The molecule has 0 aliphatic rings. The van der Waals surface area contributed by atoms with Crippen molar-refractivity contribution in [1.82, 2.24) is 0 Å². The van der Waals surface area contributed by atoms with Gasteiger partial charge in [0.05, 0.1) is 15.6 Å². The smallest absolute Gasteiger partial charge is 0.317 e. The Hall–Kier alpha value is -1.97. The molecular formula is C14H9Cl2F3N2O3S. The van der Waals surface area contributed by atoms with Crippen LogP contribution in [0.5, 0.6) is 0 Å². The van der Waals surface area contributed by atoms with Gasteiger partial charge in [0.15, 0.2) is 0 Å². The summed E-state index contributed by atoms with van der Waals surface area (Å²) < 4.78 is 63.8. The van der Waals surface area contributed by atoms with E-state index in [0.717, 1.165) is 18.2 Å². The topological polar surface area (TPSA) is 75.3 Å². The molecule has 5 nitrogen and oxygen atoms in total. The molecule has 2 aromatic rings. The molecule has 0 aliphatic carbocycles. The second-order valence-electron chi connectivity index (χ2n) is 4.71. The van der Waals surface area contributed by atoms with E-state index in [0.29, 0.717) is 5.02 Å². The number of sulfonamides is 1. The van der Waals surface area contributed by atoms with Gasteiger partial charge < -0.3 is 5.32 Å². The van der Waals surface area contributed by atoms with Crippen molar-refractivity contribution in [3.63, 3.8) is 0 Å². The second kappa shape index (κ2) is 7.11. The molecule has 0 aromatic heterocycles. The summed E-state index contributed by atoms with van der Waals surface area (Å²) in [4.78, 5) is 10.6. The molecule has 2 aromatic carbocycles. The van der Waals surface area contributed by atoms with Gasteiger partial charge >= 0.3 is 12.1 Å². The van der Waals surface area contributed by atoms with E-state index in [1.54, 1.807) is 0 Å². The fourth-order valence-electron chi connectivity index (χ4n) is 1.69. The van der Waals surface area contributed by atoms with Gasteiger partial charge in [-0.1, -0.05) is 23.2 Å². The van der Waals surface area contributed by atoms with Gasteiger partial charge in [-0.05, 0) is 42.5 Å². The lowest BCUT2D eigenvalue weighted by atomic mass is 10.3. The van der Waals surface area contributed by atoms with Crippen molar-refractivity contribution in [2.45, 2.75) is 11.1 Å². The van der Waals surface area contributed by atoms with Crippen LogP contribution in [-0.2, 0) is 14.8 Å². The summed E-state index contributed by atoms with van der Waals surface area (Å²) in [5.41, 5.74) is -0.289. The van der Waals surface area contributed by atoms with E-state index >= 15 is 0 Å². The van der Waals surface area contributed by atoms with Crippen molar-refractivity contribution in [3.05, 3.63) is 52.5 Å². The van der Waals surface area contributed by atoms with Gasteiger partial charge in [0, 0.05) is 10.7 Å². The number of anilines is 2. The van der Waals surface area contributed by atoms with Gasteiger partial charge in [-0.25, -0.2) is 8.42 Å². The lowest BCUT2D eigenvalue weighted by molar-refractivity contribution is -0.167. The van der Waals surface area contributed by atoms with Crippen molar-refractivity contribution >= 4 is 50.5 Å². The van der Waals surface area contributed by atoms with Crippen LogP contribution in [0.15, 0.2) is 47.4 Å². The number of carbonyl (C=O) groups is 1. The molecule has 0 radical (unpaired) electrons. The number of rotatable bonds is 4. The minimum atomic E-state index is -5.14. The van der Waals surface area contributed by atoms with E-state index in [1.165, 1.54) is 29.6 Å². The average molecular weight is 413 g/mol. The first-order chi connectivity index (χ1) is 11.5. The van der Waals surface area contributed by atoms with Gasteiger partial charge in [0.1, 0.15) is 0 Å². The van der Waals surface area contributed by atoms with E-state index in [4.69, 9.17) is 23.2 Å². The zero-order valence-corrected chi connectivity index (χ0v) is 14.4. The van der Waals surface area contributed by atoms with Gasteiger partial charge in [0.25, 0.3) is 10.0 Å². The quantitative estimate of drug-likeness (QED) is 0.785. The molecule has 2 N–H and O–H groups in total. The Morgan fingerprint density at radius 3 is 2.16 bits per heavy atom. The molecule has 134 valence electrons. The molecule has 0 unspecified atom stereocenters. The van der Waals surface area contributed by atoms with Crippen LogP contribution in [0, 0.1) is 0 Å². The summed E-state index contributed by atoms with van der Waals surface area (Å²) in [6.45, 7) is 0. The third-order valence-electron chi connectivity index (χ3n) is 2.85. The van der Waals surface area contributed by atoms with Gasteiger partial charge in [-0.15, -0.1) is 0 Å². The van der Waals surface area contributed by atoms with E-state index in [2.05, 4.69) is 4.72 Å². The predicted molar refractivity (Wildman–Crippen MR) is 88.4 cm³/mol. The van der Waals surface area contributed by atoms with Crippen LogP contribution in [-0.4, -0.2) is 20.5 Å². The predicted octanol–water partition coefficient (Wildman–Crippen LogP) is 4.30. The van der Waals surface area contributed by atoms with Crippen LogP contribution in [0.3, 0.4) is 0 Å². The van der Waals surface area contributed by atoms with Crippen LogP contribution in [0.1, 0.15) is 0 Å². The highest BCUT2D eigenvalue weighted by atomic mass is 35.5. The maximum atomic E-state index is 12.3. The van der Waals surface area contributed by atoms with Crippen molar-refractivity contribution in [2.24, 2.45) is 0 Å². The fraction of sp³-hybridized carbons (Fsp3) is 0.0714. The van der Waals surface area contributed by atoms with Crippen molar-refractivity contribution in [2.75, 3.05) is 10.0 Å². The Morgan fingerprint density at radius 1 is 1.00 bits per heavy atom. The Labute approximate surface area is 150 Å². The zero-order chi connectivity index (χ0) is 18.8. The first-order valence-corrected chi connectivity index (χ1v) is 8.69. The van der Waals surface area contributed by atoms with Crippen LogP contribution >= 0.6 is 23.2 Å². The number of alkyl halides is 3. The van der Waals surface area contributed by atoms with Crippen LogP contribution in [0.4, 0.5) is 24.5 Å². The lowest BCUT2D eigenvalue weighted by Crippen LogP contribution is -2.30. The first kappa shape index (κ1) is 19.4. The molecule has 0 atom stereocenters. The molecule has 0 aliphatic heterocycles. The SMILES string of the molecule is O=C(Nc1cc(S(=O)(=O)Nc2ccc(Cl)cc2)ccc1Cl)C(F)(F)F. The molecular weight excluding hydrogens is 404 g/mol. The molecule has 0 spiro atoms. The summed E-state index contributed by atoms with van der Waals surface area (Å²) >= 11 is 11.4. The molecule has 0 bridgehead atoms. The van der Waals surface area contributed by atoms with Crippen molar-refractivity contribution in [3.8, 4) is 0 Å². The minimum Gasteiger partial charge on any atom is -0.317 e. The van der Waals surface area contributed by atoms with Crippen molar-refractivity contribution in [1.29, 1.82) is 0 Å². The van der Waals surface area contributed by atoms with Crippen LogP contribution in [0.2, 0.25) is 10.0 Å². The van der Waals surface area contributed by atoms with Crippen LogP contribution in [0.25, 0.3) is 0 Å². The molecule has 1 amide bonds. The highest BCUT2D eigenvalue weighted by Crippen LogP contribution is 2.28. The van der Waals surface area contributed by atoms with Crippen molar-refractivity contribution < 1.29 is 26.4 Å². The Bertz CT molecular complexity index is 901. The number of hydrogen-bond acceptors (Lipinski definition) is 3. The zero-order valence-electron chi connectivity index (χ0n) is 12.1. The summed E-state index contributed by atoms with van der Waals surface area (Å²) in [6.07, 6.45) is -5.14. The summed E-state index contributed by atoms with van der Waals surface area (Å²) in [5.74, 6) is -2.27. The average Bonchev–Trinajstić information content (AvgIpc) is 2.50. The standard InChI is InChI=1S/C14H9Cl2F3N2O3S/c15-8-1-3-9(4-2-8)21-25(23,24)10-5-6-11(16)12(7-10)20-13(22)14(17,18)19/h1-7,21H,(H,20,22). The molecule has 2 rings (SSSR count).